The monoisotopic (exact) mass is 124 g/mol. The van der Waals surface area contributed by atoms with E-state index < -0.39 is 0 Å². The lowest BCUT2D eigenvalue weighted by Gasteiger charge is -2.05. The van der Waals surface area contributed by atoms with Gasteiger partial charge in [0.15, 0.2) is 5.78 Å². The Balaban J connectivity index is 2.87. The SMILES string of the molecule is NC1=C(N)CC(=O)C=C1. The van der Waals surface area contributed by atoms with Crippen molar-refractivity contribution in [2.24, 2.45) is 11.5 Å². The number of nitrogens with two attached hydrogens (primary N) is 2. The van der Waals surface area contributed by atoms with Gasteiger partial charge >= 0.3 is 0 Å². The molecule has 4 N–H and O–H groups in total. The van der Waals surface area contributed by atoms with E-state index in [-0.39, 0.29) is 12.2 Å². The van der Waals surface area contributed by atoms with Crippen LogP contribution in [0.1, 0.15) is 6.42 Å². The Hall–Kier alpha value is -1.25. The predicted octanol–water partition coefficient (Wildman–Crippen LogP) is -0.356. The summed E-state index contributed by atoms with van der Waals surface area (Å²) in [5.74, 6) is 0.0155. The summed E-state index contributed by atoms with van der Waals surface area (Å²) in [6.45, 7) is 0. The van der Waals surface area contributed by atoms with Crippen LogP contribution in [0.25, 0.3) is 0 Å². The van der Waals surface area contributed by atoms with Gasteiger partial charge in [0.1, 0.15) is 0 Å². The van der Waals surface area contributed by atoms with Crippen LogP contribution in [0.4, 0.5) is 0 Å². The van der Waals surface area contributed by atoms with Crippen LogP contribution in [0.3, 0.4) is 0 Å². The number of carbonyl (C=O) groups excluding carboxylic acids is 1. The molecule has 0 aromatic heterocycles. The van der Waals surface area contributed by atoms with Gasteiger partial charge in [0.05, 0.1) is 12.1 Å². The fourth-order valence-corrected chi connectivity index (χ4v) is 0.638. The molecule has 0 atom stereocenters. The van der Waals surface area contributed by atoms with Crippen molar-refractivity contribution in [1.29, 1.82) is 0 Å². The summed E-state index contributed by atoms with van der Waals surface area (Å²) in [5, 5.41) is 0. The standard InChI is InChI=1S/C6H8N2O/c7-5-2-1-4(9)3-6(5)8/h1-2H,3,7-8H2. The molecule has 48 valence electrons. The second-order valence-corrected chi connectivity index (χ2v) is 1.96. The van der Waals surface area contributed by atoms with Crippen LogP contribution in [-0.4, -0.2) is 5.78 Å². The maximum Gasteiger partial charge on any atom is 0.161 e. The molecule has 9 heavy (non-hydrogen) atoms. The molecule has 0 saturated heterocycles. The number of carbonyl (C=O) groups is 1. The van der Waals surface area contributed by atoms with E-state index in [1.54, 1.807) is 0 Å². The highest BCUT2D eigenvalue weighted by Gasteiger charge is 2.06. The summed E-state index contributed by atoms with van der Waals surface area (Å²) in [6.07, 6.45) is 3.23. The van der Waals surface area contributed by atoms with Gasteiger partial charge in [-0.15, -0.1) is 0 Å². The van der Waals surface area contributed by atoms with Gasteiger partial charge in [-0.2, -0.15) is 0 Å². The van der Waals surface area contributed by atoms with E-state index in [0.29, 0.717) is 11.4 Å². The zero-order chi connectivity index (χ0) is 6.85. The average Bonchev–Trinajstić information content (AvgIpc) is 1.80. The molecule has 0 aliphatic heterocycles. The second kappa shape index (κ2) is 1.93. The third-order valence-electron chi connectivity index (χ3n) is 1.18. The summed E-state index contributed by atoms with van der Waals surface area (Å²) in [5.41, 5.74) is 11.7. The Bertz CT molecular complexity index is 203. The fraction of sp³-hybridized carbons (Fsp3) is 0.167. The first kappa shape index (κ1) is 5.88. The zero-order valence-corrected chi connectivity index (χ0v) is 4.92. The van der Waals surface area contributed by atoms with Crippen LogP contribution in [0.2, 0.25) is 0 Å². The summed E-state index contributed by atoms with van der Waals surface area (Å²) in [4.78, 5) is 10.6. The lowest BCUT2D eigenvalue weighted by molar-refractivity contribution is -0.114. The van der Waals surface area contributed by atoms with Crippen LogP contribution >= 0.6 is 0 Å². The first-order chi connectivity index (χ1) is 4.20. The Labute approximate surface area is 53.0 Å². The lowest BCUT2D eigenvalue weighted by Crippen LogP contribution is -2.15. The molecule has 0 saturated carbocycles. The normalized spacial score (nSPS) is 18.9. The maximum absolute atomic E-state index is 10.6. The molecule has 1 aliphatic rings. The molecule has 0 aromatic rings. The number of hydrogen-bond donors (Lipinski definition) is 2. The van der Waals surface area contributed by atoms with E-state index in [4.69, 9.17) is 11.5 Å². The molecule has 0 amide bonds. The van der Waals surface area contributed by atoms with E-state index in [0.717, 1.165) is 0 Å². The quantitative estimate of drug-likeness (QED) is 0.463. The van der Waals surface area contributed by atoms with Crippen molar-refractivity contribution in [3.05, 3.63) is 23.5 Å². The Morgan fingerprint density at radius 3 is 2.44 bits per heavy atom. The number of ketones is 1. The van der Waals surface area contributed by atoms with Crippen LogP contribution in [0.15, 0.2) is 23.5 Å². The van der Waals surface area contributed by atoms with Crippen molar-refractivity contribution in [3.8, 4) is 0 Å². The van der Waals surface area contributed by atoms with Crippen molar-refractivity contribution in [1.82, 2.24) is 0 Å². The van der Waals surface area contributed by atoms with E-state index >= 15 is 0 Å². The largest absolute Gasteiger partial charge is 0.400 e. The minimum Gasteiger partial charge on any atom is -0.400 e. The van der Waals surface area contributed by atoms with E-state index in [9.17, 15) is 4.79 Å². The molecule has 0 fully saturated rings. The zero-order valence-electron chi connectivity index (χ0n) is 4.92. The first-order valence-electron chi connectivity index (χ1n) is 2.65. The highest BCUT2D eigenvalue weighted by atomic mass is 16.1. The minimum atomic E-state index is 0.0155. The number of rotatable bonds is 0. The van der Waals surface area contributed by atoms with Crippen molar-refractivity contribution in [2.75, 3.05) is 0 Å². The molecule has 0 unspecified atom stereocenters. The number of hydrogen-bond acceptors (Lipinski definition) is 3. The topological polar surface area (TPSA) is 69.1 Å². The van der Waals surface area contributed by atoms with Crippen LogP contribution in [0.5, 0.6) is 0 Å². The van der Waals surface area contributed by atoms with Crippen LogP contribution in [0, 0.1) is 0 Å². The molecule has 0 spiro atoms. The Morgan fingerprint density at radius 1 is 1.33 bits per heavy atom. The maximum atomic E-state index is 10.6. The second-order valence-electron chi connectivity index (χ2n) is 1.96. The molecule has 3 nitrogen and oxygen atoms in total. The highest BCUT2D eigenvalue weighted by molar-refractivity contribution is 5.93. The molecular weight excluding hydrogens is 116 g/mol. The summed E-state index contributed by atoms with van der Waals surface area (Å²) in [7, 11) is 0. The third-order valence-corrected chi connectivity index (χ3v) is 1.18. The van der Waals surface area contributed by atoms with Crippen molar-refractivity contribution < 1.29 is 4.79 Å². The summed E-state index contributed by atoms with van der Waals surface area (Å²) in [6, 6.07) is 0. The average molecular weight is 124 g/mol. The Kier molecular flexibility index (Phi) is 1.26. The van der Waals surface area contributed by atoms with E-state index in [2.05, 4.69) is 0 Å². The lowest BCUT2D eigenvalue weighted by atomic mass is 10.1. The summed E-state index contributed by atoms with van der Waals surface area (Å²) >= 11 is 0. The molecule has 0 radical (unpaired) electrons. The molecule has 0 bridgehead atoms. The van der Waals surface area contributed by atoms with Crippen LogP contribution in [-0.2, 0) is 4.79 Å². The van der Waals surface area contributed by atoms with Gasteiger partial charge in [-0.05, 0) is 12.2 Å². The first-order valence-corrected chi connectivity index (χ1v) is 2.65. The highest BCUT2D eigenvalue weighted by Crippen LogP contribution is 2.06. The van der Waals surface area contributed by atoms with Gasteiger partial charge in [0, 0.05) is 5.70 Å². The van der Waals surface area contributed by atoms with Crippen molar-refractivity contribution >= 4 is 5.78 Å². The molecule has 0 heterocycles. The predicted molar refractivity (Wildman–Crippen MR) is 34.2 cm³/mol. The Morgan fingerprint density at radius 2 is 2.00 bits per heavy atom. The molecular formula is C6H8N2O. The molecule has 1 rings (SSSR count). The minimum absolute atomic E-state index is 0.0155. The van der Waals surface area contributed by atoms with E-state index in [1.807, 2.05) is 0 Å². The van der Waals surface area contributed by atoms with Gasteiger partial charge in [-0.25, -0.2) is 0 Å². The molecule has 3 heteroatoms. The van der Waals surface area contributed by atoms with Crippen LogP contribution < -0.4 is 11.5 Å². The van der Waals surface area contributed by atoms with Gasteiger partial charge in [-0.3, -0.25) is 4.79 Å². The fourth-order valence-electron chi connectivity index (χ4n) is 0.638. The summed E-state index contributed by atoms with van der Waals surface area (Å²) < 4.78 is 0. The van der Waals surface area contributed by atoms with Gasteiger partial charge in [0.2, 0.25) is 0 Å². The van der Waals surface area contributed by atoms with Gasteiger partial charge < -0.3 is 11.5 Å². The van der Waals surface area contributed by atoms with E-state index in [1.165, 1.54) is 12.2 Å². The molecule has 1 aliphatic carbocycles. The van der Waals surface area contributed by atoms with Gasteiger partial charge in [0.25, 0.3) is 0 Å². The third kappa shape index (κ3) is 1.10. The van der Waals surface area contributed by atoms with Crippen molar-refractivity contribution in [3.63, 3.8) is 0 Å². The smallest absolute Gasteiger partial charge is 0.161 e. The van der Waals surface area contributed by atoms with Crippen molar-refractivity contribution in [2.45, 2.75) is 6.42 Å². The molecule has 0 aromatic carbocycles. The van der Waals surface area contributed by atoms with Gasteiger partial charge in [-0.1, -0.05) is 0 Å². The number of allylic oxidation sites excluding steroid dienone is 3.